The summed E-state index contributed by atoms with van der Waals surface area (Å²) in [6.07, 6.45) is 4.77. The topological polar surface area (TPSA) is 34.1 Å². The Kier molecular flexibility index (Phi) is 5.12. The molecule has 0 spiro atoms. The smallest absolute Gasteiger partial charge is 0.139 e. The summed E-state index contributed by atoms with van der Waals surface area (Å²) in [7, 11) is 0. The van der Waals surface area contributed by atoms with Gasteiger partial charge in [-0.05, 0) is 43.9 Å². The van der Waals surface area contributed by atoms with Crippen LogP contribution in [0, 0.1) is 23.2 Å². The molecule has 0 aliphatic heterocycles. The molecule has 1 aliphatic carbocycles. The van der Waals surface area contributed by atoms with E-state index in [2.05, 4.69) is 20.8 Å². The predicted octanol–water partition coefficient (Wildman–Crippen LogP) is 4.02. The van der Waals surface area contributed by atoms with Gasteiger partial charge in [-0.2, -0.15) is 0 Å². The third kappa shape index (κ3) is 4.22. The summed E-state index contributed by atoms with van der Waals surface area (Å²) in [6, 6.07) is 0. The summed E-state index contributed by atoms with van der Waals surface area (Å²) in [5.41, 5.74) is 0.360. The van der Waals surface area contributed by atoms with Crippen LogP contribution in [-0.4, -0.2) is 11.6 Å². The van der Waals surface area contributed by atoms with Gasteiger partial charge in [0.2, 0.25) is 0 Å². The highest BCUT2D eigenvalue weighted by atomic mass is 16.1. The van der Waals surface area contributed by atoms with Crippen LogP contribution in [0.5, 0.6) is 0 Å². The second-order valence-electron chi connectivity index (χ2n) is 7.12. The summed E-state index contributed by atoms with van der Waals surface area (Å²) < 4.78 is 0. The van der Waals surface area contributed by atoms with E-state index in [0.717, 1.165) is 31.6 Å². The van der Waals surface area contributed by atoms with Gasteiger partial charge in [-0.1, -0.05) is 27.7 Å². The summed E-state index contributed by atoms with van der Waals surface area (Å²) in [5.74, 6) is 1.30. The lowest BCUT2D eigenvalue weighted by atomic mass is 9.68. The molecule has 18 heavy (non-hydrogen) atoms. The molecule has 0 amide bonds. The van der Waals surface area contributed by atoms with Crippen LogP contribution >= 0.6 is 0 Å². The fourth-order valence-electron chi connectivity index (χ4n) is 3.18. The Labute approximate surface area is 112 Å². The molecule has 2 heteroatoms. The normalized spacial score (nSPS) is 26.7. The SMILES string of the molecule is CC(=O)CC(C)C(=O)C1CCC(C(C)(C)C)CC1. The molecule has 1 saturated carbocycles. The van der Waals surface area contributed by atoms with E-state index in [0.29, 0.717) is 17.6 Å². The zero-order chi connectivity index (χ0) is 13.9. The molecule has 0 aromatic heterocycles. The fourth-order valence-corrected chi connectivity index (χ4v) is 3.18. The quantitative estimate of drug-likeness (QED) is 0.757. The molecule has 0 heterocycles. The number of hydrogen-bond donors (Lipinski definition) is 0. The molecule has 1 aliphatic rings. The van der Waals surface area contributed by atoms with Crippen molar-refractivity contribution in [2.24, 2.45) is 23.2 Å². The molecule has 0 aromatic rings. The van der Waals surface area contributed by atoms with Crippen LogP contribution in [-0.2, 0) is 9.59 Å². The lowest BCUT2D eigenvalue weighted by molar-refractivity contribution is -0.130. The maximum Gasteiger partial charge on any atom is 0.139 e. The highest BCUT2D eigenvalue weighted by molar-refractivity contribution is 5.88. The first-order valence-corrected chi connectivity index (χ1v) is 7.25. The number of carbonyl (C=O) groups excluding carboxylic acids is 2. The Bertz CT molecular complexity index is 304. The monoisotopic (exact) mass is 252 g/mol. The molecule has 1 rings (SSSR count). The number of hydrogen-bond acceptors (Lipinski definition) is 2. The minimum atomic E-state index is -0.0845. The predicted molar refractivity (Wildman–Crippen MR) is 74.4 cm³/mol. The number of ketones is 2. The minimum absolute atomic E-state index is 0.0845. The zero-order valence-corrected chi connectivity index (χ0v) is 12.6. The first-order valence-electron chi connectivity index (χ1n) is 7.25. The van der Waals surface area contributed by atoms with Gasteiger partial charge in [0, 0.05) is 18.3 Å². The van der Waals surface area contributed by atoms with Crippen molar-refractivity contribution in [2.75, 3.05) is 0 Å². The van der Waals surface area contributed by atoms with E-state index >= 15 is 0 Å². The lowest BCUT2D eigenvalue weighted by Gasteiger charge is -2.37. The van der Waals surface area contributed by atoms with Crippen LogP contribution in [0.15, 0.2) is 0 Å². The summed E-state index contributed by atoms with van der Waals surface area (Å²) in [5, 5.41) is 0. The molecule has 0 aromatic carbocycles. The Morgan fingerprint density at radius 2 is 1.61 bits per heavy atom. The van der Waals surface area contributed by atoms with Gasteiger partial charge in [-0.15, -0.1) is 0 Å². The third-order valence-electron chi connectivity index (χ3n) is 4.43. The first-order chi connectivity index (χ1) is 8.21. The summed E-state index contributed by atoms with van der Waals surface area (Å²) in [4.78, 5) is 23.3. The van der Waals surface area contributed by atoms with Gasteiger partial charge in [0.05, 0.1) is 0 Å². The van der Waals surface area contributed by atoms with E-state index in [1.165, 1.54) is 0 Å². The Morgan fingerprint density at radius 1 is 1.11 bits per heavy atom. The maximum atomic E-state index is 12.2. The molecular weight excluding hydrogens is 224 g/mol. The third-order valence-corrected chi connectivity index (χ3v) is 4.43. The van der Waals surface area contributed by atoms with E-state index in [1.807, 2.05) is 6.92 Å². The van der Waals surface area contributed by atoms with Gasteiger partial charge in [0.25, 0.3) is 0 Å². The molecular formula is C16H28O2. The van der Waals surface area contributed by atoms with Crippen LogP contribution in [0.4, 0.5) is 0 Å². The average molecular weight is 252 g/mol. The van der Waals surface area contributed by atoms with Crippen molar-refractivity contribution < 1.29 is 9.59 Å². The molecule has 1 fully saturated rings. The van der Waals surface area contributed by atoms with Crippen LogP contribution in [0.1, 0.15) is 66.7 Å². The van der Waals surface area contributed by atoms with E-state index in [9.17, 15) is 9.59 Å². The minimum Gasteiger partial charge on any atom is -0.300 e. The highest BCUT2D eigenvalue weighted by Crippen LogP contribution is 2.40. The molecule has 2 nitrogen and oxygen atoms in total. The standard InChI is InChI=1S/C16H28O2/c1-11(10-12(2)17)15(18)13-6-8-14(9-7-13)16(3,4)5/h11,13-14H,6-10H2,1-5H3. The van der Waals surface area contributed by atoms with Crippen LogP contribution in [0.3, 0.4) is 0 Å². The van der Waals surface area contributed by atoms with Gasteiger partial charge in [-0.3, -0.25) is 4.79 Å². The van der Waals surface area contributed by atoms with Crippen molar-refractivity contribution in [2.45, 2.75) is 66.7 Å². The molecule has 104 valence electrons. The molecule has 0 bridgehead atoms. The molecule has 1 unspecified atom stereocenters. The summed E-state index contributed by atoms with van der Waals surface area (Å²) in [6.45, 7) is 10.3. The second kappa shape index (κ2) is 5.99. The van der Waals surface area contributed by atoms with Crippen molar-refractivity contribution in [3.05, 3.63) is 0 Å². The van der Waals surface area contributed by atoms with Crippen molar-refractivity contribution in [1.29, 1.82) is 0 Å². The number of rotatable bonds is 4. The molecule has 1 atom stereocenters. The Balaban J connectivity index is 2.48. The molecule has 0 N–H and O–H groups in total. The largest absolute Gasteiger partial charge is 0.300 e. The van der Waals surface area contributed by atoms with Crippen LogP contribution in [0.2, 0.25) is 0 Å². The van der Waals surface area contributed by atoms with Gasteiger partial charge >= 0.3 is 0 Å². The summed E-state index contributed by atoms with van der Waals surface area (Å²) >= 11 is 0. The molecule has 0 radical (unpaired) electrons. The highest BCUT2D eigenvalue weighted by Gasteiger charge is 2.33. The maximum absolute atomic E-state index is 12.2. The van der Waals surface area contributed by atoms with E-state index < -0.39 is 0 Å². The van der Waals surface area contributed by atoms with Gasteiger partial charge in [-0.25, -0.2) is 0 Å². The van der Waals surface area contributed by atoms with Crippen LogP contribution in [0.25, 0.3) is 0 Å². The fraction of sp³-hybridized carbons (Fsp3) is 0.875. The Morgan fingerprint density at radius 3 is 2.00 bits per heavy atom. The number of Topliss-reactive ketones (excluding diaryl/α,β-unsaturated/α-hetero) is 2. The van der Waals surface area contributed by atoms with Crippen molar-refractivity contribution >= 4 is 11.6 Å². The van der Waals surface area contributed by atoms with E-state index in [1.54, 1.807) is 6.92 Å². The first kappa shape index (κ1) is 15.4. The Hall–Kier alpha value is -0.660. The van der Waals surface area contributed by atoms with Crippen molar-refractivity contribution in [1.82, 2.24) is 0 Å². The van der Waals surface area contributed by atoms with E-state index in [4.69, 9.17) is 0 Å². The van der Waals surface area contributed by atoms with Gasteiger partial charge in [0.15, 0.2) is 0 Å². The van der Waals surface area contributed by atoms with Crippen molar-refractivity contribution in [3.63, 3.8) is 0 Å². The second-order valence-corrected chi connectivity index (χ2v) is 7.12. The van der Waals surface area contributed by atoms with Crippen LogP contribution < -0.4 is 0 Å². The lowest BCUT2D eigenvalue weighted by Crippen LogP contribution is -2.31. The average Bonchev–Trinajstić information content (AvgIpc) is 2.26. The number of carbonyl (C=O) groups is 2. The van der Waals surface area contributed by atoms with Gasteiger partial charge < -0.3 is 4.79 Å². The molecule has 0 saturated heterocycles. The van der Waals surface area contributed by atoms with Crippen molar-refractivity contribution in [3.8, 4) is 0 Å². The zero-order valence-electron chi connectivity index (χ0n) is 12.6. The van der Waals surface area contributed by atoms with E-state index in [-0.39, 0.29) is 17.6 Å². The van der Waals surface area contributed by atoms with Gasteiger partial charge in [0.1, 0.15) is 11.6 Å².